The highest BCUT2D eigenvalue weighted by molar-refractivity contribution is 5.96. The summed E-state index contributed by atoms with van der Waals surface area (Å²) in [6.07, 6.45) is 1.43. The van der Waals surface area contributed by atoms with Crippen LogP contribution in [-0.4, -0.2) is 79.9 Å². The lowest BCUT2D eigenvalue weighted by molar-refractivity contribution is -0.142. The van der Waals surface area contributed by atoms with Gasteiger partial charge >= 0.3 is 11.9 Å². The fraction of sp³-hybridized carbons (Fsp3) is 0.550. The zero-order chi connectivity index (χ0) is 26.7. The molecular weight excluding hydrogens is 466 g/mol. The van der Waals surface area contributed by atoms with Gasteiger partial charge in [-0.1, -0.05) is 13.8 Å². The van der Waals surface area contributed by atoms with Gasteiger partial charge in [0.1, 0.15) is 18.1 Å². The molecule has 1 aromatic heterocycles. The molecular formula is C20H31N7O8. The van der Waals surface area contributed by atoms with Crippen molar-refractivity contribution in [1.82, 2.24) is 25.9 Å². The van der Waals surface area contributed by atoms with Crippen molar-refractivity contribution in [3.05, 3.63) is 18.2 Å². The average molecular weight is 498 g/mol. The highest BCUT2D eigenvalue weighted by Gasteiger charge is 2.32. The number of carboxylic acid groups (broad SMARTS) is 2. The van der Waals surface area contributed by atoms with Crippen LogP contribution in [0.3, 0.4) is 0 Å². The number of nitrogens with zero attached hydrogens (tertiary/aromatic N) is 1. The highest BCUT2D eigenvalue weighted by atomic mass is 16.4. The van der Waals surface area contributed by atoms with Gasteiger partial charge in [-0.3, -0.25) is 24.0 Å². The number of nitrogens with one attached hydrogen (secondary N) is 4. The van der Waals surface area contributed by atoms with Crippen molar-refractivity contribution in [3.8, 4) is 0 Å². The van der Waals surface area contributed by atoms with E-state index in [4.69, 9.17) is 16.6 Å². The van der Waals surface area contributed by atoms with Gasteiger partial charge in [-0.05, 0) is 12.3 Å². The van der Waals surface area contributed by atoms with Gasteiger partial charge in [0.2, 0.25) is 23.6 Å². The van der Waals surface area contributed by atoms with Crippen LogP contribution in [0.25, 0.3) is 0 Å². The lowest BCUT2D eigenvalue weighted by atomic mass is 10.0. The number of aliphatic carboxylic acids is 2. The third kappa shape index (κ3) is 10.2. The van der Waals surface area contributed by atoms with E-state index in [1.165, 1.54) is 12.5 Å². The lowest BCUT2D eigenvalue weighted by Crippen LogP contribution is -2.59. The molecule has 15 heteroatoms. The van der Waals surface area contributed by atoms with Gasteiger partial charge in [0, 0.05) is 24.7 Å². The van der Waals surface area contributed by atoms with E-state index in [1.807, 2.05) is 0 Å². The van der Waals surface area contributed by atoms with Gasteiger partial charge in [0.15, 0.2) is 0 Å². The molecule has 0 spiro atoms. The lowest BCUT2D eigenvalue weighted by Gasteiger charge is -2.26. The second-order valence-corrected chi connectivity index (χ2v) is 8.18. The van der Waals surface area contributed by atoms with Crippen molar-refractivity contribution >= 4 is 35.6 Å². The number of H-pyrrole nitrogens is 1. The first-order valence-corrected chi connectivity index (χ1v) is 10.7. The van der Waals surface area contributed by atoms with Crippen LogP contribution in [0.15, 0.2) is 12.5 Å². The summed E-state index contributed by atoms with van der Waals surface area (Å²) in [5.74, 6) is -6.53. The number of carbonyl (C=O) groups excluding carboxylic acids is 4. The van der Waals surface area contributed by atoms with E-state index < -0.39 is 72.1 Å². The van der Waals surface area contributed by atoms with Gasteiger partial charge in [0.25, 0.3) is 0 Å². The Bertz CT molecular complexity index is 919. The van der Waals surface area contributed by atoms with Crippen molar-refractivity contribution in [2.75, 3.05) is 0 Å². The van der Waals surface area contributed by atoms with Crippen LogP contribution in [0.2, 0.25) is 0 Å². The Labute approximate surface area is 200 Å². The topological polar surface area (TPSA) is 260 Å². The number of aromatic amines is 1. The molecule has 0 aliphatic carbocycles. The number of nitrogens with two attached hydrogens (primary N) is 2. The molecule has 0 saturated heterocycles. The predicted molar refractivity (Wildman–Crippen MR) is 119 cm³/mol. The van der Waals surface area contributed by atoms with Crippen LogP contribution in [0.5, 0.6) is 0 Å². The fourth-order valence-electron chi connectivity index (χ4n) is 2.97. The fourth-order valence-corrected chi connectivity index (χ4v) is 2.97. The van der Waals surface area contributed by atoms with E-state index in [0.29, 0.717) is 5.69 Å². The summed E-state index contributed by atoms with van der Waals surface area (Å²) >= 11 is 0. The zero-order valence-electron chi connectivity index (χ0n) is 19.3. The number of aromatic nitrogens is 2. The van der Waals surface area contributed by atoms with Gasteiger partial charge in [-0.25, -0.2) is 9.78 Å². The van der Waals surface area contributed by atoms with Crippen molar-refractivity contribution in [2.24, 2.45) is 17.4 Å². The third-order valence-electron chi connectivity index (χ3n) is 4.88. The van der Waals surface area contributed by atoms with Crippen LogP contribution in [-0.2, 0) is 35.2 Å². The Hall–Kier alpha value is -4.01. The molecule has 1 rings (SSSR count). The van der Waals surface area contributed by atoms with Crippen LogP contribution >= 0.6 is 0 Å². The molecule has 15 nitrogen and oxygen atoms in total. The van der Waals surface area contributed by atoms with Gasteiger partial charge in [0.05, 0.1) is 18.8 Å². The minimum Gasteiger partial charge on any atom is -0.481 e. The number of rotatable bonds is 15. The van der Waals surface area contributed by atoms with Crippen molar-refractivity contribution in [1.29, 1.82) is 0 Å². The Kier molecular flexibility index (Phi) is 11.3. The van der Waals surface area contributed by atoms with Crippen molar-refractivity contribution in [2.45, 2.75) is 63.7 Å². The average Bonchev–Trinajstić information content (AvgIpc) is 3.26. The Morgan fingerprint density at radius 3 is 2.11 bits per heavy atom. The molecule has 4 atom stereocenters. The maximum atomic E-state index is 12.9. The largest absolute Gasteiger partial charge is 0.481 e. The first-order chi connectivity index (χ1) is 16.3. The number of hydrogen-bond donors (Lipinski definition) is 8. The minimum atomic E-state index is -1.53. The molecule has 35 heavy (non-hydrogen) atoms. The molecule has 0 aliphatic rings. The Morgan fingerprint density at radius 1 is 1.00 bits per heavy atom. The molecule has 0 radical (unpaired) electrons. The summed E-state index contributed by atoms with van der Waals surface area (Å²) in [6, 6.07) is -5.31. The monoisotopic (exact) mass is 497 g/mol. The molecule has 0 aliphatic heterocycles. The molecule has 0 aromatic carbocycles. The molecule has 1 heterocycles. The van der Waals surface area contributed by atoms with Crippen LogP contribution < -0.4 is 27.4 Å². The summed E-state index contributed by atoms with van der Waals surface area (Å²) in [6.45, 7) is 3.20. The normalized spacial score (nSPS) is 14.3. The number of amides is 4. The van der Waals surface area contributed by atoms with Crippen LogP contribution in [0.1, 0.15) is 38.8 Å². The molecule has 4 amide bonds. The maximum Gasteiger partial charge on any atom is 0.326 e. The Balaban J connectivity index is 2.93. The molecule has 0 saturated carbocycles. The first kappa shape index (κ1) is 29.0. The SMILES string of the molecule is CC(C)C(NC(=O)C(N)CCC(=O)O)C(=O)NC(CC(N)=O)C(=O)NC(Cc1cnc[nH]1)C(=O)O. The number of primary amides is 1. The molecule has 0 bridgehead atoms. The number of carbonyl (C=O) groups is 6. The molecule has 194 valence electrons. The minimum absolute atomic E-state index is 0.142. The van der Waals surface area contributed by atoms with E-state index in [1.54, 1.807) is 13.8 Å². The summed E-state index contributed by atoms with van der Waals surface area (Å²) in [4.78, 5) is 78.1. The van der Waals surface area contributed by atoms with Crippen molar-refractivity contribution in [3.63, 3.8) is 0 Å². The van der Waals surface area contributed by atoms with Crippen molar-refractivity contribution < 1.29 is 39.0 Å². The van der Waals surface area contributed by atoms with E-state index in [9.17, 15) is 33.9 Å². The third-order valence-corrected chi connectivity index (χ3v) is 4.88. The highest BCUT2D eigenvalue weighted by Crippen LogP contribution is 2.06. The van der Waals surface area contributed by atoms with E-state index in [-0.39, 0.29) is 19.3 Å². The van der Waals surface area contributed by atoms with Crippen LogP contribution in [0.4, 0.5) is 0 Å². The smallest absolute Gasteiger partial charge is 0.326 e. The standard InChI is InChI=1S/C20H31N7O8/c1-9(2)16(27-17(31)11(21)3-4-15(29)30)19(33)25-12(6-14(22)28)18(32)26-13(20(34)35)5-10-7-23-8-24-10/h7-9,11-13,16H,3-6,21H2,1-2H3,(H2,22,28)(H,23,24)(H,25,33)(H,26,32)(H,27,31)(H,29,30)(H,34,35). The number of imidazole rings is 1. The number of carboxylic acids is 2. The quantitative estimate of drug-likeness (QED) is 0.123. The molecule has 1 aromatic rings. The van der Waals surface area contributed by atoms with E-state index >= 15 is 0 Å². The summed E-state index contributed by atoms with van der Waals surface area (Å²) in [5, 5.41) is 25.1. The van der Waals surface area contributed by atoms with Gasteiger partial charge < -0.3 is 42.6 Å². The first-order valence-electron chi connectivity index (χ1n) is 10.7. The molecule has 4 unspecified atom stereocenters. The van der Waals surface area contributed by atoms with E-state index in [2.05, 4.69) is 25.9 Å². The van der Waals surface area contributed by atoms with E-state index in [0.717, 1.165) is 0 Å². The second kappa shape index (κ2) is 13.6. The van der Waals surface area contributed by atoms with Crippen LogP contribution in [0, 0.1) is 5.92 Å². The summed E-state index contributed by atoms with van der Waals surface area (Å²) in [7, 11) is 0. The second-order valence-electron chi connectivity index (χ2n) is 8.18. The summed E-state index contributed by atoms with van der Waals surface area (Å²) < 4.78 is 0. The molecule has 10 N–H and O–H groups in total. The summed E-state index contributed by atoms with van der Waals surface area (Å²) in [5.41, 5.74) is 11.3. The van der Waals surface area contributed by atoms with Gasteiger partial charge in [-0.2, -0.15) is 0 Å². The zero-order valence-corrected chi connectivity index (χ0v) is 19.3. The molecule has 0 fully saturated rings. The maximum absolute atomic E-state index is 12.9. The number of hydrogen-bond acceptors (Lipinski definition) is 8. The van der Waals surface area contributed by atoms with Gasteiger partial charge in [-0.15, -0.1) is 0 Å². The Morgan fingerprint density at radius 2 is 1.63 bits per heavy atom. The predicted octanol–water partition coefficient (Wildman–Crippen LogP) is -2.79.